The van der Waals surface area contributed by atoms with E-state index in [1.807, 2.05) is 24.3 Å². The Morgan fingerprint density at radius 3 is 2.71 bits per heavy atom. The van der Waals surface area contributed by atoms with Gasteiger partial charge in [0.15, 0.2) is 0 Å². The first kappa shape index (κ1) is 11.7. The maximum absolute atomic E-state index is 8.74. The average Bonchev–Trinajstić information content (AvgIpc) is 2.90. The number of hydrogen-bond donors (Lipinski definition) is 2. The number of aliphatic hydroxyl groups is 1. The normalized spacial score (nSPS) is 12.6. The van der Waals surface area contributed by atoms with Crippen LogP contribution in [0.15, 0.2) is 30.6 Å². The lowest BCUT2D eigenvalue weighted by Gasteiger charge is -2.13. The molecule has 0 radical (unpaired) electrons. The zero-order valence-electron chi connectivity index (χ0n) is 9.61. The van der Waals surface area contributed by atoms with Crippen LogP contribution in [0.2, 0.25) is 0 Å². The van der Waals surface area contributed by atoms with Crippen LogP contribution in [0.1, 0.15) is 18.5 Å². The number of nitrogens with one attached hydrogen (secondary N) is 1. The molecule has 0 spiro atoms. The van der Waals surface area contributed by atoms with Crippen molar-refractivity contribution < 1.29 is 5.11 Å². The summed E-state index contributed by atoms with van der Waals surface area (Å²) >= 11 is 0. The molecule has 0 fully saturated rings. The van der Waals surface area contributed by atoms with Crippen molar-refractivity contribution in [2.24, 2.45) is 0 Å². The summed E-state index contributed by atoms with van der Waals surface area (Å²) < 4.78 is 1.61. The molecule has 1 aromatic carbocycles. The lowest BCUT2D eigenvalue weighted by molar-refractivity contribution is 0.286. The van der Waals surface area contributed by atoms with Crippen LogP contribution in [0.4, 0.5) is 0 Å². The third-order valence-electron chi connectivity index (χ3n) is 2.57. The lowest BCUT2D eigenvalue weighted by Crippen LogP contribution is -2.22. The van der Waals surface area contributed by atoms with Gasteiger partial charge in [0.2, 0.25) is 0 Å². The van der Waals surface area contributed by atoms with E-state index >= 15 is 0 Å². The highest BCUT2D eigenvalue weighted by atomic mass is 16.3. The first-order valence-corrected chi connectivity index (χ1v) is 5.49. The van der Waals surface area contributed by atoms with E-state index in [2.05, 4.69) is 27.8 Å². The third kappa shape index (κ3) is 2.86. The highest BCUT2D eigenvalue weighted by molar-refractivity contribution is 5.34. The highest BCUT2D eigenvalue weighted by Crippen LogP contribution is 2.14. The fraction of sp³-hybridized carbons (Fsp3) is 0.364. The summed E-state index contributed by atoms with van der Waals surface area (Å²) in [5.74, 6) is 0. The maximum atomic E-state index is 8.74. The van der Waals surface area contributed by atoms with Gasteiger partial charge in [-0.2, -0.15) is 0 Å². The Kier molecular flexibility index (Phi) is 3.79. The molecule has 1 aromatic heterocycles. The maximum Gasteiger partial charge on any atom is 0.143 e. The fourth-order valence-corrected chi connectivity index (χ4v) is 1.59. The summed E-state index contributed by atoms with van der Waals surface area (Å²) in [4.78, 5) is 0. The van der Waals surface area contributed by atoms with Gasteiger partial charge in [-0.3, -0.25) is 0 Å². The van der Waals surface area contributed by atoms with Crippen LogP contribution >= 0.6 is 0 Å². The zero-order valence-corrected chi connectivity index (χ0v) is 9.61. The van der Waals surface area contributed by atoms with Crippen LogP contribution in [-0.4, -0.2) is 38.5 Å². The molecule has 0 amide bonds. The Balaban J connectivity index is 2.08. The Labute approximate surface area is 99.3 Å². The zero-order chi connectivity index (χ0) is 12.1. The van der Waals surface area contributed by atoms with Gasteiger partial charge >= 0.3 is 0 Å². The Morgan fingerprint density at radius 2 is 2.12 bits per heavy atom. The fourth-order valence-electron chi connectivity index (χ4n) is 1.59. The minimum Gasteiger partial charge on any atom is -0.395 e. The molecule has 17 heavy (non-hydrogen) atoms. The second-order valence-corrected chi connectivity index (χ2v) is 3.75. The van der Waals surface area contributed by atoms with Crippen molar-refractivity contribution in [2.45, 2.75) is 13.0 Å². The van der Waals surface area contributed by atoms with Gasteiger partial charge in [0, 0.05) is 12.6 Å². The molecular weight excluding hydrogens is 218 g/mol. The molecule has 0 saturated carbocycles. The monoisotopic (exact) mass is 233 g/mol. The van der Waals surface area contributed by atoms with Gasteiger partial charge in [-0.05, 0) is 35.0 Å². The standard InChI is InChI=1S/C11H15N5O/c1-9(12-6-7-17)10-2-4-11(5-3-10)16-8-13-14-15-16/h2-5,8-9,12,17H,6-7H2,1H3. The van der Waals surface area contributed by atoms with Crippen LogP contribution in [-0.2, 0) is 0 Å². The van der Waals surface area contributed by atoms with E-state index in [1.165, 1.54) is 0 Å². The number of aromatic nitrogens is 4. The van der Waals surface area contributed by atoms with Crippen LogP contribution < -0.4 is 5.32 Å². The molecular formula is C11H15N5O. The largest absolute Gasteiger partial charge is 0.395 e. The molecule has 90 valence electrons. The lowest BCUT2D eigenvalue weighted by atomic mass is 10.1. The summed E-state index contributed by atoms with van der Waals surface area (Å²) in [5.41, 5.74) is 2.09. The summed E-state index contributed by atoms with van der Waals surface area (Å²) in [7, 11) is 0. The molecule has 1 heterocycles. The van der Waals surface area contributed by atoms with E-state index in [1.54, 1.807) is 11.0 Å². The van der Waals surface area contributed by atoms with Gasteiger partial charge < -0.3 is 10.4 Å². The second kappa shape index (κ2) is 5.51. The van der Waals surface area contributed by atoms with E-state index in [-0.39, 0.29) is 12.6 Å². The number of nitrogens with zero attached hydrogens (tertiary/aromatic N) is 4. The van der Waals surface area contributed by atoms with Gasteiger partial charge in [-0.15, -0.1) is 5.10 Å². The smallest absolute Gasteiger partial charge is 0.143 e. The van der Waals surface area contributed by atoms with Crippen molar-refractivity contribution in [1.82, 2.24) is 25.5 Å². The van der Waals surface area contributed by atoms with Crippen LogP contribution in [0.25, 0.3) is 5.69 Å². The Hall–Kier alpha value is -1.79. The average molecular weight is 233 g/mol. The van der Waals surface area contributed by atoms with Crippen molar-refractivity contribution in [3.05, 3.63) is 36.2 Å². The molecule has 2 N–H and O–H groups in total. The van der Waals surface area contributed by atoms with Crippen molar-refractivity contribution in [3.8, 4) is 5.69 Å². The number of aliphatic hydroxyl groups excluding tert-OH is 1. The van der Waals surface area contributed by atoms with Crippen molar-refractivity contribution >= 4 is 0 Å². The molecule has 0 aliphatic rings. The van der Waals surface area contributed by atoms with E-state index in [0.29, 0.717) is 6.54 Å². The van der Waals surface area contributed by atoms with E-state index < -0.39 is 0 Å². The third-order valence-corrected chi connectivity index (χ3v) is 2.57. The first-order valence-electron chi connectivity index (χ1n) is 5.49. The number of hydrogen-bond acceptors (Lipinski definition) is 5. The molecule has 2 aromatic rings. The molecule has 6 heteroatoms. The molecule has 6 nitrogen and oxygen atoms in total. The summed E-state index contributed by atoms with van der Waals surface area (Å²) in [6, 6.07) is 8.18. The number of tetrazole rings is 1. The topological polar surface area (TPSA) is 75.9 Å². The second-order valence-electron chi connectivity index (χ2n) is 3.75. The molecule has 0 saturated heterocycles. The molecule has 0 aliphatic carbocycles. The van der Waals surface area contributed by atoms with E-state index in [9.17, 15) is 0 Å². The SMILES string of the molecule is CC(NCCO)c1ccc(-n2cnnn2)cc1. The first-order chi connectivity index (χ1) is 8.31. The van der Waals surface area contributed by atoms with Crippen molar-refractivity contribution in [3.63, 3.8) is 0 Å². The predicted octanol–water partition coefficient (Wildman–Crippen LogP) is 0.305. The van der Waals surface area contributed by atoms with Crippen LogP contribution in [0, 0.1) is 0 Å². The van der Waals surface area contributed by atoms with Gasteiger partial charge in [-0.1, -0.05) is 12.1 Å². The Bertz CT molecular complexity index is 439. The van der Waals surface area contributed by atoms with Crippen molar-refractivity contribution in [2.75, 3.05) is 13.2 Å². The summed E-state index contributed by atoms with van der Waals surface area (Å²) in [6.07, 6.45) is 1.56. The quantitative estimate of drug-likeness (QED) is 0.777. The molecule has 0 aliphatic heterocycles. The molecule has 1 unspecified atom stereocenters. The van der Waals surface area contributed by atoms with Gasteiger partial charge in [0.25, 0.3) is 0 Å². The summed E-state index contributed by atoms with van der Waals surface area (Å²) in [5, 5.41) is 22.9. The number of rotatable bonds is 5. The summed E-state index contributed by atoms with van der Waals surface area (Å²) in [6.45, 7) is 2.80. The highest BCUT2D eigenvalue weighted by Gasteiger charge is 2.04. The van der Waals surface area contributed by atoms with Crippen LogP contribution in [0.3, 0.4) is 0 Å². The van der Waals surface area contributed by atoms with Gasteiger partial charge in [0.05, 0.1) is 12.3 Å². The molecule has 1 atom stereocenters. The van der Waals surface area contributed by atoms with Crippen molar-refractivity contribution in [1.29, 1.82) is 0 Å². The molecule has 0 bridgehead atoms. The van der Waals surface area contributed by atoms with Gasteiger partial charge in [0.1, 0.15) is 6.33 Å². The van der Waals surface area contributed by atoms with Crippen LogP contribution in [0.5, 0.6) is 0 Å². The minimum atomic E-state index is 0.146. The minimum absolute atomic E-state index is 0.146. The molecule has 2 rings (SSSR count). The van der Waals surface area contributed by atoms with E-state index in [0.717, 1.165) is 11.3 Å². The Morgan fingerprint density at radius 1 is 1.35 bits per heavy atom. The number of benzene rings is 1. The predicted molar refractivity (Wildman–Crippen MR) is 62.7 cm³/mol. The van der Waals surface area contributed by atoms with E-state index in [4.69, 9.17) is 5.11 Å². The van der Waals surface area contributed by atoms with Gasteiger partial charge in [-0.25, -0.2) is 4.68 Å².